The van der Waals surface area contributed by atoms with Gasteiger partial charge in [-0.25, -0.2) is 4.79 Å². The highest BCUT2D eigenvalue weighted by atomic mass is 32.2. The molecule has 0 radical (unpaired) electrons. The number of halogens is 3. The fourth-order valence-corrected chi connectivity index (χ4v) is 3.22. The first-order valence-electron chi connectivity index (χ1n) is 8.15. The zero-order chi connectivity index (χ0) is 21.5. The molecule has 0 spiro atoms. The van der Waals surface area contributed by atoms with E-state index in [4.69, 9.17) is 14.6 Å². The molecule has 30 heavy (non-hydrogen) atoms. The molecule has 12 heteroatoms. The third-order valence-corrected chi connectivity index (χ3v) is 4.77. The molecule has 2 aromatic rings. The van der Waals surface area contributed by atoms with Gasteiger partial charge in [0, 0.05) is 0 Å². The molecule has 0 unspecified atom stereocenters. The lowest BCUT2D eigenvalue weighted by molar-refractivity contribution is -0.114. The highest BCUT2D eigenvalue weighted by Gasteiger charge is 2.46. The van der Waals surface area contributed by atoms with Gasteiger partial charge in [-0.15, -0.1) is 0 Å². The van der Waals surface area contributed by atoms with E-state index in [2.05, 4.69) is 10.1 Å². The molecule has 0 atom stereocenters. The molecule has 4 rings (SSSR count). The van der Waals surface area contributed by atoms with Crippen LogP contribution in [0, 0.1) is 5.41 Å². The molecule has 1 aromatic carbocycles. The molecular weight excluding hydrogens is 425 g/mol. The highest BCUT2D eigenvalue weighted by molar-refractivity contribution is 8.27. The zero-order valence-corrected chi connectivity index (χ0v) is 15.5. The summed E-state index contributed by atoms with van der Waals surface area (Å²) in [4.78, 5) is 27.6. The van der Waals surface area contributed by atoms with E-state index in [1.54, 1.807) is 0 Å². The molecule has 2 aliphatic rings. The van der Waals surface area contributed by atoms with Crippen LogP contribution in [0.25, 0.3) is 6.08 Å². The first-order valence-corrected chi connectivity index (χ1v) is 8.97. The van der Waals surface area contributed by atoms with Gasteiger partial charge in [0.05, 0.1) is 11.8 Å². The van der Waals surface area contributed by atoms with Crippen molar-refractivity contribution in [1.29, 1.82) is 5.41 Å². The van der Waals surface area contributed by atoms with Crippen LogP contribution in [0.3, 0.4) is 0 Å². The van der Waals surface area contributed by atoms with Gasteiger partial charge >= 0.3 is 12.1 Å². The minimum absolute atomic E-state index is 0.0263. The third kappa shape index (κ3) is 3.76. The van der Waals surface area contributed by atoms with Crippen molar-refractivity contribution in [2.45, 2.75) is 6.18 Å². The first kappa shape index (κ1) is 19.6. The Kier molecular flexibility index (Phi) is 4.78. The summed E-state index contributed by atoms with van der Waals surface area (Å²) in [5, 5.41) is 10.5. The number of hydrogen-bond acceptors (Lipinski definition) is 7. The monoisotopic (exact) mass is 434 g/mol. The Morgan fingerprint density at radius 3 is 2.60 bits per heavy atom. The SMILES string of the molecule is N=C1C(=Cc2ccc(OC(=O)c3ccco3)cc2)C(=O)N=C2SC(C(F)(F)F)=NN12. The second kappa shape index (κ2) is 7.30. The van der Waals surface area contributed by atoms with Gasteiger partial charge in [-0.2, -0.15) is 28.3 Å². The number of amides is 1. The van der Waals surface area contributed by atoms with E-state index in [0.29, 0.717) is 10.6 Å². The van der Waals surface area contributed by atoms with Gasteiger partial charge < -0.3 is 9.15 Å². The Morgan fingerprint density at radius 1 is 1.23 bits per heavy atom. The number of carbonyl (C=O) groups excluding carboxylic acids is 2. The molecule has 152 valence electrons. The van der Waals surface area contributed by atoms with E-state index < -0.39 is 28.9 Å². The summed E-state index contributed by atoms with van der Waals surface area (Å²) in [5.41, 5.74) is 0.207. The standard InChI is InChI=1S/C18H9F3N4O4S/c19-18(20,21)16-24-25-13(22)11(14(26)23-17(25)30-16)8-9-3-5-10(6-4-9)29-15(27)12-2-1-7-28-12/h1-8,22H. The van der Waals surface area contributed by atoms with Crippen LogP contribution in [-0.4, -0.2) is 39.1 Å². The maximum atomic E-state index is 12.8. The lowest BCUT2D eigenvalue weighted by Crippen LogP contribution is -2.35. The molecule has 0 saturated carbocycles. The summed E-state index contributed by atoms with van der Waals surface area (Å²) in [5.74, 6) is -1.84. The number of benzene rings is 1. The number of amidine groups is 2. The lowest BCUT2D eigenvalue weighted by Gasteiger charge is -2.20. The van der Waals surface area contributed by atoms with Crippen molar-refractivity contribution in [2.75, 3.05) is 0 Å². The Labute approximate surface area is 170 Å². The summed E-state index contributed by atoms with van der Waals surface area (Å²) in [7, 11) is 0. The second-order valence-corrected chi connectivity index (χ2v) is 6.81. The number of hydrazone groups is 1. The van der Waals surface area contributed by atoms with Crippen LogP contribution in [0.2, 0.25) is 0 Å². The molecule has 1 N–H and O–H groups in total. The number of rotatable bonds is 3. The van der Waals surface area contributed by atoms with Gasteiger partial charge in [-0.05, 0) is 47.7 Å². The number of furan rings is 1. The van der Waals surface area contributed by atoms with E-state index >= 15 is 0 Å². The average molecular weight is 434 g/mol. The number of esters is 1. The van der Waals surface area contributed by atoms with Crippen LogP contribution < -0.4 is 4.74 Å². The predicted octanol–water partition coefficient (Wildman–Crippen LogP) is 3.68. The van der Waals surface area contributed by atoms with Crippen LogP contribution in [-0.2, 0) is 4.79 Å². The van der Waals surface area contributed by atoms with Crippen LogP contribution in [0.15, 0.2) is 62.7 Å². The van der Waals surface area contributed by atoms with Crippen molar-refractivity contribution in [2.24, 2.45) is 10.1 Å². The number of fused-ring (bicyclic) bond motifs is 1. The molecule has 8 nitrogen and oxygen atoms in total. The number of nitrogens with zero attached hydrogens (tertiary/aromatic N) is 3. The van der Waals surface area contributed by atoms with Gasteiger partial charge in [0.1, 0.15) is 5.75 Å². The molecule has 1 amide bonds. The summed E-state index contributed by atoms with van der Waals surface area (Å²) in [6, 6.07) is 8.88. The Morgan fingerprint density at radius 2 is 1.97 bits per heavy atom. The van der Waals surface area contributed by atoms with Crippen LogP contribution >= 0.6 is 11.8 Å². The van der Waals surface area contributed by atoms with Crippen molar-refractivity contribution in [3.63, 3.8) is 0 Å². The molecule has 0 fully saturated rings. The Bertz CT molecular complexity index is 1140. The zero-order valence-electron chi connectivity index (χ0n) is 14.6. The number of aliphatic imine (C=N–C) groups is 1. The quantitative estimate of drug-likeness (QED) is 0.449. The van der Waals surface area contributed by atoms with E-state index in [1.165, 1.54) is 48.7 Å². The van der Waals surface area contributed by atoms with Gasteiger partial charge in [-0.1, -0.05) is 12.1 Å². The van der Waals surface area contributed by atoms with E-state index in [1.807, 2.05) is 0 Å². The number of alkyl halides is 3. The number of ether oxygens (including phenoxy) is 1. The Balaban J connectivity index is 1.53. The maximum absolute atomic E-state index is 12.8. The molecule has 2 aliphatic heterocycles. The minimum Gasteiger partial charge on any atom is -0.457 e. The van der Waals surface area contributed by atoms with Gasteiger partial charge in [-0.3, -0.25) is 10.2 Å². The summed E-state index contributed by atoms with van der Waals surface area (Å²) < 4.78 is 48.6. The minimum atomic E-state index is -4.71. The second-order valence-electron chi connectivity index (χ2n) is 5.86. The van der Waals surface area contributed by atoms with Gasteiger partial charge in [0.2, 0.25) is 16.0 Å². The summed E-state index contributed by atoms with van der Waals surface area (Å²) in [6.45, 7) is 0. The normalized spacial score (nSPS) is 17.7. The fourth-order valence-electron chi connectivity index (χ4n) is 2.46. The van der Waals surface area contributed by atoms with Crippen molar-refractivity contribution in [1.82, 2.24) is 5.01 Å². The predicted molar refractivity (Wildman–Crippen MR) is 101 cm³/mol. The largest absolute Gasteiger partial charge is 0.457 e. The molecular formula is C18H9F3N4O4S. The van der Waals surface area contributed by atoms with Crippen molar-refractivity contribution in [3.8, 4) is 5.75 Å². The third-order valence-electron chi connectivity index (χ3n) is 3.82. The van der Waals surface area contributed by atoms with Crippen molar-refractivity contribution in [3.05, 3.63) is 59.6 Å². The molecule has 0 bridgehead atoms. The molecule has 1 aromatic heterocycles. The van der Waals surface area contributed by atoms with Gasteiger partial charge in [0.15, 0.2) is 5.84 Å². The average Bonchev–Trinajstić information content (AvgIpc) is 3.36. The van der Waals surface area contributed by atoms with Crippen LogP contribution in [0.1, 0.15) is 16.1 Å². The molecule has 3 heterocycles. The Hall–Kier alpha value is -3.67. The highest BCUT2D eigenvalue weighted by Crippen LogP contribution is 2.35. The van der Waals surface area contributed by atoms with Crippen molar-refractivity contribution < 1.29 is 31.9 Å². The van der Waals surface area contributed by atoms with E-state index in [9.17, 15) is 22.8 Å². The van der Waals surface area contributed by atoms with E-state index in [0.717, 1.165) is 0 Å². The van der Waals surface area contributed by atoms with Crippen LogP contribution in [0.5, 0.6) is 5.75 Å². The van der Waals surface area contributed by atoms with E-state index in [-0.39, 0.29) is 34.0 Å². The number of thioether (sulfide) groups is 1. The number of hydrogen-bond donors (Lipinski definition) is 1. The summed E-state index contributed by atoms with van der Waals surface area (Å²) in [6.07, 6.45) is -2.09. The number of carbonyl (C=O) groups is 2. The van der Waals surface area contributed by atoms with Crippen LogP contribution in [0.4, 0.5) is 13.2 Å². The smallest absolute Gasteiger partial charge is 0.441 e. The summed E-state index contributed by atoms with van der Waals surface area (Å²) >= 11 is 0.180. The fraction of sp³-hybridized carbons (Fsp3) is 0.0556. The lowest BCUT2D eigenvalue weighted by atomic mass is 10.1. The maximum Gasteiger partial charge on any atom is 0.441 e. The topological polar surface area (TPSA) is 108 Å². The molecule has 0 saturated heterocycles. The van der Waals surface area contributed by atoms with Crippen molar-refractivity contribution >= 4 is 45.8 Å². The first-order chi connectivity index (χ1) is 14.2. The molecule has 0 aliphatic carbocycles. The number of nitrogens with one attached hydrogen (secondary N) is 1. The van der Waals surface area contributed by atoms with Gasteiger partial charge in [0.25, 0.3) is 5.91 Å².